The number of halogens is 3. The van der Waals surface area contributed by atoms with Crippen LogP contribution in [0.4, 0.5) is 24.5 Å². The molecule has 0 saturated heterocycles. The molecule has 1 aliphatic rings. The Kier molecular flexibility index (Phi) is 7.26. The topological polar surface area (TPSA) is 114 Å². The van der Waals surface area contributed by atoms with Crippen LogP contribution in [0.2, 0.25) is 0 Å². The number of hydrogen-bond donors (Lipinski definition) is 3. The molecule has 1 unspecified atom stereocenters. The van der Waals surface area contributed by atoms with Gasteiger partial charge in [0, 0.05) is 23.2 Å². The summed E-state index contributed by atoms with van der Waals surface area (Å²) in [6.07, 6.45) is -4.91. The van der Waals surface area contributed by atoms with Crippen molar-refractivity contribution in [2.45, 2.75) is 22.7 Å². The number of esters is 1. The zero-order chi connectivity index (χ0) is 24.2. The first-order chi connectivity index (χ1) is 15.6. The molecule has 8 nitrogen and oxygen atoms in total. The van der Waals surface area contributed by atoms with E-state index in [-0.39, 0.29) is 18.0 Å². The van der Waals surface area contributed by atoms with Crippen LogP contribution in [0.1, 0.15) is 22.3 Å². The van der Waals surface area contributed by atoms with Crippen LogP contribution in [0.15, 0.2) is 47.4 Å². The van der Waals surface area contributed by atoms with E-state index in [2.05, 4.69) is 16.0 Å². The summed E-state index contributed by atoms with van der Waals surface area (Å²) in [7, 11) is 1.49. The highest BCUT2D eigenvalue weighted by molar-refractivity contribution is 8.01. The first-order valence-electron chi connectivity index (χ1n) is 9.53. The van der Waals surface area contributed by atoms with Crippen LogP contribution >= 0.6 is 11.8 Å². The molecule has 2 aromatic rings. The maximum Gasteiger partial charge on any atom is 0.416 e. The van der Waals surface area contributed by atoms with Gasteiger partial charge in [0.2, 0.25) is 5.91 Å². The highest BCUT2D eigenvalue weighted by atomic mass is 32.2. The monoisotopic (exact) mass is 481 g/mol. The second-order valence-electron chi connectivity index (χ2n) is 6.87. The molecule has 0 spiro atoms. The number of thioether (sulfide) groups is 1. The predicted octanol–water partition coefficient (Wildman–Crippen LogP) is 3.05. The molecule has 0 radical (unpaired) electrons. The minimum atomic E-state index is -4.54. The van der Waals surface area contributed by atoms with E-state index >= 15 is 0 Å². The SMILES string of the molecule is CNC(=O)c1ccc(NC(=O)COC(=O)CC2Sc3ccc(C(F)(F)F)cc3NC2=O)cc1. The van der Waals surface area contributed by atoms with Gasteiger partial charge in [-0.1, -0.05) is 0 Å². The maximum atomic E-state index is 12.8. The normalized spacial score (nSPS) is 15.2. The summed E-state index contributed by atoms with van der Waals surface area (Å²) in [6, 6.07) is 8.99. The van der Waals surface area contributed by atoms with Crippen molar-refractivity contribution in [1.82, 2.24) is 5.32 Å². The second kappa shape index (κ2) is 9.94. The fraction of sp³-hybridized carbons (Fsp3) is 0.238. The number of alkyl halides is 3. The second-order valence-corrected chi connectivity index (χ2v) is 8.12. The van der Waals surface area contributed by atoms with E-state index in [0.29, 0.717) is 16.1 Å². The largest absolute Gasteiger partial charge is 0.456 e. The standard InChI is InChI=1S/C21H18F3N3O5S/c1-25-19(30)11-2-5-13(6-3-11)26-17(28)10-32-18(29)9-16-20(31)27-14-8-12(21(22,23)24)4-7-15(14)33-16/h2-8,16H,9-10H2,1H3,(H,25,30)(H,26,28)(H,27,31). The van der Waals surface area contributed by atoms with Gasteiger partial charge in [-0.15, -0.1) is 11.8 Å². The third kappa shape index (κ3) is 6.25. The summed E-state index contributed by atoms with van der Waals surface area (Å²) in [5, 5.41) is 6.42. The Morgan fingerprint density at radius 2 is 1.82 bits per heavy atom. The third-order valence-electron chi connectivity index (χ3n) is 4.50. The van der Waals surface area contributed by atoms with Gasteiger partial charge in [-0.3, -0.25) is 19.2 Å². The minimum Gasteiger partial charge on any atom is -0.456 e. The van der Waals surface area contributed by atoms with Gasteiger partial charge in [0.05, 0.1) is 22.9 Å². The van der Waals surface area contributed by atoms with Crippen molar-refractivity contribution in [1.29, 1.82) is 0 Å². The van der Waals surface area contributed by atoms with Crippen LogP contribution in [0.5, 0.6) is 0 Å². The molecular formula is C21H18F3N3O5S. The average molecular weight is 481 g/mol. The lowest BCUT2D eigenvalue weighted by atomic mass is 10.1. The van der Waals surface area contributed by atoms with E-state index in [1.54, 1.807) is 0 Å². The van der Waals surface area contributed by atoms with Crippen molar-refractivity contribution >= 4 is 46.8 Å². The van der Waals surface area contributed by atoms with Gasteiger partial charge in [-0.2, -0.15) is 13.2 Å². The summed E-state index contributed by atoms with van der Waals surface area (Å²) in [6.45, 7) is -0.597. The van der Waals surface area contributed by atoms with Gasteiger partial charge in [-0.25, -0.2) is 0 Å². The van der Waals surface area contributed by atoms with Gasteiger partial charge < -0.3 is 20.7 Å². The van der Waals surface area contributed by atoms with Crippen molar-refractivity contribution in [2.75, 3.05) is 24.3 Å². The van der Waals surface area contributed by atoms with E-state index in [1.807, 2.05) is 0 Å². The third-order valence-corrected chi connectivity index (χ3v) is 5.78. The van der Waals surface area contributed by atoms with Crippen molar-refractivity contribution in [3.05, 3.63) is 53.6 Å². The van der Waals surface area contributed by atoms with Gasteiger partial charge in [0.1, 0.15) is 0 Å². The van der Waals surface area contributed by atoms with Crippen molar-refractivity contribution < 1.29 is 37.1 Å². The average Bonchev–Trinajstić information content (AvgIpc) is 2.77. The Morgan fingerprint density at radius 1 is 1.12 bits per heavy atom. The Morgan fingerprint density at radius 3 is 2.45 bits per heavy atom. The van der Waals surface area contributed by atoms with Gasteiger partial charge in [-0.05, 0) is 42.5 Å². The molecule has 0 bridgehead atoms. The Labute approximate surface area is 190 Å². The Balaban J connectivity index is 1.50. The number of fused-ring (bicyclic) bond motifs is 1. The molecule has 0 aromatic heterocycles. The molecule has 12 heteroatoms. The fourth-order valence-electron chi connectivity index (χ4n) is 2.86. The molecule has 1 atom stereocenters. The number of rotatable bonds is 6. The van der Waals surface area contributed by atoms with E-state index in [9.17, 15) is 32.3 Å². The summed E-state index contributed by atoms with van der Waals surface area (Å²) >= 11 is 0.942. The molecule has 0 fully saturated rings. The van der Waals surface area contributed by atoms with Gasteiger partial charge in [0.25, 0.3) is 11.8 Å². The van der Waals surface area contributed by atoms with Crippen LogP contribution in [0.25, 0.3) is 0 Å². The number of carbonyl (C=O) groups excluding carboxylic acids is 4. The number of carbonyl (C=O) groups is 4. The number of amides is 3. The van der Waals surface area contributed by atoms with E-state index in [0.717, 1.165) is 23.9 Å². The van der Waals surface area contributed by atoms with Crippen LogP contribution in [-0.2, 0) is 25.3 Å². The van der Waals surface area contributed by atoms with E-state index in [4.69, 9.17) is 4.74 Å². The lowest BCUT2D eigenvalue weighted by molar-refractivity contribution is -0.147. The lowest BCUT2D eigenvalue weighted by Crippen LogP contribution is -2.32. The maximum absolute atomic E-state index is 12.8. The smallest absolute Gasteiger partial charge is 0.416 e. The zero-order valence-corrected chi connectivity index (χ0v) is 17.9. The van der Waals surface area contributed by atoms with Crippen LogP contribution < -0.4 is 16.0 Å². The number of anilines is 2. The summed E-state index contributed by atoms with van der Waals surface area (Å²) < 4.78 is 43.4. The molecule has 3 amide bonds. The zero-order valence-electron chi connectivity index (χ0n) is 17.1. The molecule has 2 aromatic carbocycles. The molecule has 0 aliphatic carbocycles. The highest BCUT2D eigenvalue weighted by Gasteiger charge is 2.34. The fourth-order valence-corrected chi connectivity index (χ4v) is 3.94. The molecule has 33 heavy (non-hydrogen) atoms. The number of hydrogen-bond acceptors (Lipinski definition) is 6. The quantitative estimate of drug-likeness (QED) is 0.547. The Bertz CT molecular complexity index is 1090. The predicted molar refractivity (Wildman–Crippen MR) is 114 cm³/mol. The van der Waals surface area contributed by atoms with E-state index < -0.39 is 41.4 Å². The first-order valence-corrected chi connectivity index (χ1v) is 10.4. The highest BCUT2D eigenvalue weighted by Crippen LogP contribution is 2.40. The summed E-state index contributed by atoms with van der Waals surface area (Å²) in [5.74, 6) is -2.36. The summed E-state index contributed by atoms with van der Waals surface area (Å²) in [5.41, 5.74) is -0.0808. The lowest BCUT2D eigenvalue weighted by Gasteiger charge is -2.24. The Hall–Kier alpha value is -3.54. The molecule has 0 saturated carbocycles. The number of nitrogens with one attached hydrogen (secondary N) is 3. The number of ether oxygens (including phenoxy) is 1. The minimum absolute atomic E-state index is 0.0197. The molecule has 1 aliphatic heterocycles. The molecule has 3 rings (SSSR count). The first kappa shape index (κ1) is 24.1. The van der Waals surface area contributed by atoms with Crippen molar-refractivity contribution in [2.24, 2.45) is 0 Å². The van der Waals surface area contributed by atoms with Gasteiger partial charge in [0.15, 0.2) is 6.61 Å². The van der Waals surface area contributed by atoms with Crippen molar-refractivity contribution in [3.63, 3.8) is 0 Å². The van der Waals surface area contributed by atoms with Crippen LogP contribution in [0, 0.1) is 0 Å². The van der Waals surface area contributed by atoms with Crippen LogP contribution in [-0.4, -0.2) is 42.6 Å². The number of benzene rings is 2. The summed E-state index contributed by atoms with van der Waals surface area (Å²) in [4.78, 5) is 48.1. The van der Waals surface area contributed by atoms with Gasteiger partial charge >= 0.3 is 12.1 Å². The molecular weight excluding hydrogens is 463 g/mol. The van der Waals surface area contributed by atoms with Crippen LogP contribution in [0.3, 0.4) is 0 Å². The molecule has 3 N–H and O–H groups in total. The molecule has 1 heterocycles. The van der Waals surface area contributed by atoms with E-state index in [1.165, 1.54) is 37.4 Å². The van der Waals surface area contributed by atoms with Crippen molar-refractivity contribution in [3.8, 4) is 0 Å². The molecule has 174 valence electrons.